The van der Waals surface area contributed by atoms with E-state index in [-0.39, 0.29) is 11.6 Å². The van der Waals surface area contributed by atoms with Gasteiger partial charge in [-0.3, -0.25) is 0 Å². The molecule has 0 aromatic heterocycles. The van der Waals surface area contributed by atoms with Crippen LogP contribution in [0, 0.1) is 11.7 Å². The van der Waals surface area contributed by atoms with Crippen LogP contribution < -0.4 is 10.1 Å². The van der Waals surface area contributed by atoms with Crippen molar-refractivity contribution in [2.45, 2.75) is 20.4 Å². The zero-order chi connectivity index (χ0) is 15.2. The second kappa shape index (κ2) is 7.57. The first-order chi connectivity index (χ1) is 10.0. The molecule has 0 unspecified atom stereocenters. The highest BCUT2D eigenvalue weighted by atomic mass is 79.9. The maximum atomic E-state index is 13.6. The van der Waals surface area contributed by atoms with E-state index < -0.39 is 0 Å². The third-order valence-corrected chi connectivity index (χ3v) is 3.42. The lowest BCUT2D eigenvalue weighted by molar-refractivity contribution is 0.441. The lowest BCUT2D eigenvalue weighted by atomic mass is 10.2. The lowest BCUT2D eigenvalue weighted by Crippen LogP contribution is -2.18. The van der Waals surface area contributed by atoms with Crippen molar-refractivity contribution < 1.29 is 9.13 Å². The molecular weight excluding hydrogens is 333 g/mol. The highest BCUT2D eigenvalue weighted by molar-refractivity contribution is 9.10. The maximum Gasteiger partial charge on any atom is 0.165 e. The number of hydrogen-bond donors (Lipinski definition) is 1. The van der Waals surface area contributed by atoms with Gasteiger partial charge in [0.2, 0.25) is 0 Å². The molecule has 2 nitrogen and oxygen atoms in total. The molecule has 0 spiro atoms. The molecule has 0 saturated carbocycles. The minimum atomic E-state index is -0.374. The lowest BCUT2D eigenvalue weighted by Gasteiger charge is -2.10. The van der Waals surface area contributed by atoms with Crippen molar-refractivity contribution in [3.8, 4) is 11.5 Å². The summed E-state index contributed by atoms with van der Waals surface area (Å²) in [6.07, 6.45) is 0. The van der Waals surface area contributed by atoms with Crippen LogP contribution in [0.15, 0.2) is 46.9 Å². The van der Waals surface area contributed by atoms with Gasteiger partial charge in [0.05, 0.1) is 0 Å². The van der Waals surface area contributed by atoms with E-state index in [1.807, 2.05) is 24.3 Å². The van der Waals surface area contributed by atoms with Crippen LogP contribution in [-0.2, 0) is 6.54 Å². The highest BCUT2D eigenvalue weighted by Crippen LogP contribution is 2.27. The second-order valence-corrected chi connectivity index (χ2v) is 6.26. The van der Waals surface area contributed by atoms with Crippen molar-refractivity contribution in [3.63, 3.8) is 0 Å². The molecule has 0 amide bonds. The normalized spacial score (nSPS) is 10.9. The summed E-state index contributed by atoms with van der Waals surface area (Å²) in [6, 6.07) is 12.3. The van der Waals surface area contributed by atoms with Crippen LogP contribution in [0.4, 0.5) is 4.39 Å². The van der Waals surface area contributed by atoms with Gasteiger partial charge in [0.15, 0.2) is 11.6 Å². The van der Waals surface area contributed by atoms with Gasteiger partial charge in [0, 0.05) is 11.0 Å². The van der Waals surface area contributed by atoms with Gasteiger partial charge in [-0.25, -0.2) is 4.39 Å². The molecule has 21 heavy (non-hydrogen) atoms. The van der Waals surface area contributed by atoms with Gasteiger partial charge in [-0.05, 0) is 48.4 Å². The van der Waals surface area contributed by atoms with Crippen LogP contribution >= 0.6 is 15.9 Å². The van der Waals surface area contributed by atoms with Crippen LogP contribution in [0.2, 0.25) is 0 Å². The average molecular weight is 352 g/mol. The van der Waals surface area contributed by atoms with Crippen LogP contribution in [0.25, 0.3) is 0 Å². The predicted molar refractivity (Wildman–Crippen MR) is 87.2 cm³/mol. The van der Waals surface area contributed by atoms with Gasteiger partial charge in [0.25, 0.3) is 0 Å². The standard InChI is InChI=1S/C17H19BrFNO/c1-12(2)10-20-11-13-3-6-15(7-4-13)21-17-9-14(18)5-8-16(17)19/h3-9,12,20H,10-11H2,1-2H3. The Bertz CT molecular complexity index is 584. The minimum absolute atomic E-state index is 0.218. The second-order valence-electron chi connectivity index (χ2n) is 5.35. The summed E-state index contributed by atoms with van der Waals surface area (Å²) in [4.78, 5) is 0. The fraction of sp³-hybridized carbons (Fsp3) is 0.294. The topological polar surface area (TPSA) is 21.3 Å². The highest BCUT2D eigenvalue weighted by Gasteiger charge is 2.05. The molecule has 0 fully saturated rings. The monoisotopic (exact) mass is 351 g/mol. The molecule has 0 aliphatic rings. The van der Waals surface area contributed by atoms with E-state index in [9.17, 15) is 4.39 Å². The number of ether oxygens (including phenoxy) is 1. The Labute approximate surface area is 133 Å². The first kappa shape index (κ1) is 16.0. The smallest absolute Gasteiger partial charge is 0.165 e. The van der Waals surface area contributed by atoms with Crippen molar-refractivity contribution >= 4 is 15.9 Å². The Balaban J connectivity index is 1.97. The molecule has 0 atom stereocenters. The molecule has 0 aliphatic heterocycles. The molecule has 0 bridgehead atoms. The Morgan fingerprint density at radius 1 is 1.14 bits per heavy atom. The van der Waals surface area contributed by atoms with E-state index in [2.05, 4.69) is 35.1 Å². The predicted octanol–water partition coefficient (Wildman–Crippen LogP) is 5.13. The molecule has 0 aliphatic carbocycles. The average Bonchev–Trinajstić information content (AvgIpc) is 2.44. The minimum Gasteiger partial charge on any atom is -0.454 e. The summed E-state index contributed by atoms with van der Waals surface area (Å²) in [5.41, 5.74) is 1.18. The molecule has 112 valence electrons. The van der Waals surface area contributed by atoms with Crippen molar-refractivity contribution in [1.82, 2.24) is 5.32 Å². The zero-order valence-corrected chi connectivity index (χ0v) is 13.8. The number of nitrogens with one attached hydrogen (secondary N) is 1. The Kier molecular flexibility index (Phi) is 5.76. The Hall–Kier alpha value is -1.39. The fourth-order valence-electron chi connectivity index (χ4n) is 1.86. The molecule has 2 rings (SSSR count). The van der Waals surface area contributed by atoms with Crippen LogP contribution in [0.1, 0.15) is 19.4 Å². The quantitative estimate of drug-likeness (QED) is 0.779. The summed E-state index contributed by atoms with van der Waals surface area (Å²) in [5, 5.41) is 3.38. The molecule has 0 heterocycles. The number of rotatable bonds is 6. The van der Waals surface area contributed by atoms with Gasteiger partial charge in [-0.2, -0.15) is 0 Å². The SMILES string of the molecule is CC(C)CNCc1ccc(Oc2cc(Br)ccc2F)cc1. The van der Waals surface area contributed by atoms with Crippen molar-refractivity contribution in [1.29, 1.82) is 0 Å². The van der Waals surface area contributed by atoms with Crippen molar-refractivity contribution in [2.75, 3.05) is 6.54 Å². The fourth-order valence-corrected chi connectivity index (χ4v) is 2.20. The van der Waals surface area contributed by atoms with Crippen LogP contribution in [0.3, 0.4) is 0 Å². The molecule has 4 heteroatoms. The summed E-state index contributed by atoms with van der Waals surface area (Å²) >= 11 is 3.31. The summed E-state index contributed by atoms with van der Waals surface area (Å²) in [6.45, 7) is 6.16. The summed E-state index contributed by atoms with van der Waals surface area (Å²) in [7, 11) is 0. The summed E-state index contributed by atoms with van der Waals surface area (Å²) < 4.78 is 20.0. The number of benzene rings is 2. The van der Waals surface area contributed by atoms with E-state index in [0.717, 1.165) is 17.6 Å². The third-order valence-electron chi connectivity index (χ3n) is 2.93. The largest absolute Gasteiger partial charge is 0.454 e. The molecule has 1 N–H and O–H groups in total. The maximum absolute atomic E-state index is 13.6. The van der Waals surface area contributed by atoms with Crippen molar-refractivity contribution in [2.24, 2.45) is 5.92 Å². The van der Waals surface area contributed by atoms with Crippen LogP contribution in [-0.4, -0.2) is 6.54 Å². The molecule has 2 aromatic rings. The Morgan fingerprint density at radius 3 is 2.52 bits per heavy atom. The number of halogens is 2. The number of hydrogen-bond acceptors (Lipinski definition) is 2. The van der Waals surface area contributed by atoms with Gasteiger partial charge < -0.3 is 10.1 Å². The van der Waals surface area contributed by atoms with Gasteiger partial charge in [0.1, 0.15) is 5.75 Å². The third kappa shape index (κ3) is 5.14. The van der Waals surface area contributed by atoms with Gasteiger partial charge in [-0.1, -0.05) is 41.9 Å². The van der Waals surface area contributed by atoms with Gasteiger partial charge in [-0.15, -0.1) is 0 Å². The zero-order valence-electron chi connectivity index (χ0n) is 12.2. The van der Waals surface area contributed by atoms with E-state index in [1.165, 1.54) is 11.6 Å². The van der Waals surface area contributed by atoms with E-state index >= 15 is 0 Å². The van der Waals surface area contributed by atoms with E-state index in [4.69, 9.17) is 4.74 Å². The van der Waals surface area contributed by atoms with E-state index in [0.29, 0.717) is 11.7 Å². The van der Waals surface area contributed by atoms with Crippen LogP contribution in [0.5, 0.6) is 11.5 Å². The molecule has 2 aromatic carbocycles. The van der Waals surface area contributed by atoms with E-state index in [1.54, 1.807) is 12.1 Å². The van der Waals surface area contributed by atoms with Gasteiger partial charge >= 0.3 is 0 Å². The Morgan fingerprint density at radius 2 is 1.86 bits per heavy atom. The first-order valence-corrected chi connectivity index (χ1v) is 7.76. The molecule has 0 radical (unpaired) electrons. The molecular formula is C17H19BrFNO. The summed E-state index contributed by atoms with van der Waals surface area (Å²) in [5.74, 6) is 1.10. The molecule has 0 saturated heterocycles. The first-order valence-electron chi connectivity index (χ1n) is 6.97. The van der Waals surface area contributed by atoms with Crippen molar-refractivity contribution in [3.05, 3.63) is 58.3 Å².